The van der Waals surface area contributed by atoms with Gasteiger partial charge in [-0.2, -0.15) is 0 Å². The molecule has 3 saturated heterocycles. The predicted molar refractivity (Wildman–Crippen MR) is 64.0 cm³/mol. The molecular formula is C12H20N2O4. The van der Waals surface area contributed by atoms with Gasteiger partial charge in [-0.1, -0.05) is 0 Å². The lowest BCUT2D eigenvalue weighted by Crippen LogP contribution is -2.71. The van der Waals surface area contributed by atoms with Gasteiger partial charge in [-0.15, -0.1) is 0 Å². The van der Waals surface area contributed by atoms with E-state index >= 15 is 0 Å². The number of fused-ring (bicyclic) bond motifs is 3. The summed E-state index contributed by atoms with van der Waals surface area (Å²) in [5, 5.41) is 0. The van der Waals surface area contributed by atoms with E-state index in [0.717, 1.165) is 26.2 Å². The van der Waals surface area contributed by atoms with Gasteiger partial charge in [0.25, 0.3) is 0 Å². The highest BCUT2D eigenvalue weighted by Gasteiger charge is 2.49. The Hall–Kier alpha value is -1.14. The molecule has 6 heteroatoms. The van der Waals surface area contributed by atoms with Crippen LogP contribution in [0.4, 0.5) is 0 Å². The van der Waals surface area contributed by atoms with Crippen molar-refractivity contribution in [2.24, 2.45) is 0 Å². The number of ether oxygens (including phenoxy) is 2. The number of hydrogen-bond donors (Lipinski definition) is 0. The van der Waals surface area contributed by atoms with E-state index in [0.29, 0.717) is 13.2 Å². The van der Waals surface area contributed by atoms with E-state index in [1.807, 2.05) is 9.80 Å². The van der Waals surface area contributed by atoms with Gasteiger partial charge in [0.1, 0.15) is 12.1 Å². The Morgan fingerprint density at radius 2 is 1.22 bits per heavy atom. The highest BCUT2D eigenvalue weighted by atomic mass is 16.5. The van der Waals surface area contributed by atoms with Gasteiger partial charge < -0.3 is 9.47 Å². The Balaban J connectivity index is 2.16. The minimum absolute atomic E-state index is 0.319. The summed E-state index contributed by atoms with van der Waals surface area (Å²) in [5.74, 6) is -0.639. The molecule has 3 fully saturated rings. The zero-order chi connectivity index (χ0) is 13.1. The van der Waals surface area contributed by atoms with Crippen LogP contribution in [0.25, 0.3) is 0 Å². The third kappa shape index (κ3) is 2.35. The number of hydrogen-bond acceptors (Lipinski definition) is 6. The van der Waals surface area contributed by atoms with Crippen LogP contribution in [0, 0.1) is 0 Å². The molecule has 0 radical (unpaired) electrons. The third-order valence-corrected chi connectivity index (χ3v) is 3.49. The van der Waals surface area contributed by atoms with E-state index in [9.17, 15) is 9.59 Å². The first kappa shape index (κ1) is 13.3. The average Bonchev–Trinajstić information content (AvgIpc) is 2.39. The highest BCUT2D eigenvalue weighted by molar-refractivity contribution is 5.87. The van der Waals surface area contributed by atoms with Crippen LogP contribution in [0.1, 0.15) is 13.8 Å². The van der Waals surface area contributed by atoms with E-state index in [2.05, 4.69) is 0 Å². The largest absolute Gasteiger partial charge is 0.465 e. The molecule has 3 aliphatic rings. The smallest absolute Gasteiger partial charge is 0.325 e. The van der Waals surface area contributed by atoms with Crippen molar-refractivity contribution >= 4 is 11.9 Å². The van der Waals surface area contributed by atoms with E-state index in [1.54, 1.807) is 13.8 Å². The molecule has 0 aromatic carbocycles. The van der Waals surface area contributed by atoms with Crippen LogP contribution in [-0.4, -0.2) is 73.2 Å². The number of piperazine rings is 3. The molecule has 18 heavy (non-hydrogen) atoms. The Morgan fingerprint density at radius 3 is 1.50 bits per heavy atom. The molecule has 0 saturated carbocycles. The summed E-state index contributed by atoms with van der Waals surface area (Å²) in [6.45, 7) is 7.43. The maximum Gasteiger partial charge on any atom is 0.325 e. The van der Waals surface area contributed by atoms with Crippen molar-refractivity contribution in [2.45, 2.75) is 25.9 Å². The summed E-state index contributed by atoms with van der Waals surface area (Å²) < 4.78 is 10.2. The molecule has 3 heterocycles. The van der Waals surface area contributed by atoms with Crippen LogP contribution in [0.2, 0.25) is 0 Å². The van der Waals surface area contributed by atoms with Gasteiger partial charge in [-0.25, -0.2) is 0 Å². The van der Waals surface area contributed by atoms with Gasteiger partial charge in [0, 0.05) is 26.2 Å². The molecule has 2 unspecified atom stereocenters. The molecule has 2 atom stereocenters. The topological polar surface area (TPSA) is 59.1 Å². The van der Waals surface area contributed by atoms with Gasteiger partial charge in [0.15, 0.2) is 0 Å². The summed E-state index contributed by atoms with van der Waals surface area (Å²) in [4.78, 5) is 28.1. The maximum atomic E-state index is 12.0. The zero-order valence-corrected chi connectivity index (χ0v) is 10.9. The van der Waals surface area contributed by atoms with Crippen LogP contribution < -0.4 is 0 Å². The van der Waals surface area contributed by atoms with Crippen molar-refractivity contribution in [3.63, 3.8) is 0 Å². The first-order valence-electron chi connectivity index (χ1n) is 6.50. The lowest BCUT2D eigenvalue weighted by Gasteiger charge is -2.50. The number of esters is 2. The summed E-state index contributed by atoms with van der Waals surface area (Å²) in [6.07, 6.45) is 0. The number of carbonyl (C=O) groups excluding carboxylic acids is 2. The maximum absolute atomic E-state index is 12.0. The first-order valence-corrected chi connectivity index (χ1v) is 6.50. The van der Waals surface area contributed by atoms with E-state index < -0.39 is 12.1 Å². The summed E-state index contributed by atoms with van der Waals surface area (Å²) in [5.41, 5.74) is 0. The molecule has 3 rings (SSSR count). The van der Waals surface area contributed by atoms with E-state index in [4.69, 9.17) is 9.47 Å². The lowest BCUT2D eigenvalue weighted by molar-refractivity contribution is -0.173. The van der Waals surface area contributed by atoms with Crippen LogP contribution in [-0.2, 0) is 19.1 Å². The standard InChI is InChI=1S/C12H20N2O4/c1-3-17-11(15)9-10(12(16)18-4-2)14-7-5-13(9)6-8-14/h9-10H,3-8H2,1-2H3. The fourth-order valence-electron chi connectivity index (χ4n) is 2.70. The zero-order valence-electron chi connectivity index (χ0n) is 10.9. The molecule has 0 spiro atoms. The molecule has 0 aromatic heterocycles. The van der Waals surface area contributed by atoms with Crippen molar-refractivity contribution in [2.75, 3.05) is 39.4 Å². The molecule has 0 aromatic rings. The summed E-state index contributed by atoms with van der Waals surface area (Å²) in [7, 11) is 0. The molecular weight excluding hydrogens is 236 g/mol. The Labute approximate surface area is 107 Å². The average molecular weight is 256 g/mol. The second kappa shape index (κ2) is 5.67. The summed E-state index contributed by atoms with van der Waals surface area (Å²) in [6, 6.07) is -1.02. The Bertz CT molecular complexity index is 294. The molecule has 3 aliphatic heterocycles. The number of nitrogens with zero attached hydrogens (tertiary/aromatic N) is 2. The van der Waals surface area contributed by atoms with Crippen molar-refractivity contribution in [1.82, 2.24) is 9.80 Å². The fourth-order valence-corrected chi connectivity index (χ4v) is 2.70. The first-order chi connectivity index (χ1) is 8.69. The van der Waals surface area contributed by atoms with Gasteiger partial charge in [-0.05, 0) is 13.8 Å². The van der Waals surface area contributed by atoms with Crippen LogP contribution >= 0.6 is 0 Å². The van der Waals surface area contributed by atoms with Crippen molar-refractivity contribution in [3.05, 3.63) is 0 Å². The molecule has 0 amide bonds. The molecule has 6 nitrogen and oxygen atoms in total. The third-order valence-electron chi connectivity index (χ3n) is 3.49. The number of rotatable bonds is 4. The second-order valence-electron chi connectivity index (χ2n) is 4.47. The molecule has 0 N–H and O–H groups in total. The number of carbonyl (C=O) groups is 2. The molecule has 102 valence electrons. The van der Waals surface area contributed by atoms with Gasteiger partial charge in [0.2, 0.25) is 0 Å². The van der Waals surface area contributed by atoms with Crippen molar-refractivity contribution in [1.29, 1.82) is 0 Å². The van der Waals surface area contributed by atoms with Crippen LogP contribution in [0.15, 0.2) is 0 Å². The monoisotopic (exact) mass is 256 g/mol. The van der Waals surface area contributed by atoms with Crippen molar-refractivity contribution < 1.29 is 19.1 Å². The Morgan fingerprint density at radius 1 is 0.889 bits per heavy atom. The van der Waals surface area contributed by atoms with E-state index in [1.165, 1.54) is 0 Å². The minimum atomic E-state index is -0.508. The van der Waals surface area contributed by atoms with Gasteiger partial charge >= 0.3 is 11.9 Å². The minimum Gasteiger partial charge on any atom is -0.465 e. The normalized spacial score (nSPS) is 34.1. The quantitative estimate of drug-likeness (QED) is 0.631. The molecule has 0 aliphatic carbocycles. The van der Waals surface area contributed by atoms with Gasteiger partial charge in [-0.3, -0.25) is 19.4 Å². The SMILES string of the molecule is CCOC(=O)C1C(C(=O)OCC)N2CCN1CC2. The second-order valence-corrected chi connectivity index (χ2v) is 4.47. The van der Waals surface area contributed by atoms with Crippen LogP contribution in [0.5, 0.6) is 0 Å². The highest BCUT2D eigenvalue weighted by Crippen LogP contribution is 2.24. The Kier molecular flexibility index (Phi) is 4.19. The predicted octanol–water partition coefficient (Wildman–Crippen LogP) is -0.519. The van der Waals surface area contributed by atoms with E-state index in [-0.39, 0.29) is 11.9 Å². The van der Waals surface area contributed by atoms with Gasteiger partial charge in [0.05, 0.1) is 13.2 Å². The van der Waals surface area contributed by atoms with Crippen LogP contribution in [0.3, 0.4) is 0 Å². The molecule has 2 bridgehead atoms. The van der Waals surface area contributed by atoms with Crippen molar-refractivity contribution in [3.8, 4) is 0 Å². The lowest BCUT2D eigenvalue weighted by atomic mass is 9.97. The summed E-state index contributed by atoms with van der Waals surface area (Å²) >= 11 is 0. The fraction of sp³-hybridized carbons (Fsp3) is 0.833.